The summed E-state index contributed by atoms with van der Waals surface area (Å²) in [6, 6.07) is 2.88. The number of halogens is 1. The molecule has 1 aromatic carbocycles. The summed E-state index contributed by atoms with van der Waals surface area (Å²) in [5.41, 5.74) is 0.185. The number of nitrogens with one attached hydrogen (secondary N) is 1. The molecule has 0 atom stereocenters. The fourth-order valence-electron chi connectivity index (χ4n) is 2.11. The molecule has 0 saturated carbocycles. The predicted molar refractivity (Wildman–Crippen MR) is 99.2 cm³/mol. The number of hydrogen-bond acceptors (Lipinski definition) is 5. The standard InChI is InChI=1S/C16H25ClN2O5S/c1-11(2)6-7-18-16(20)10-19(25(5,21)22)13-9-14(23-3)12(17)8-15(13)24-4/h8-9,11H,6-7,10H2,1-5H3,(H,18,20). The molecule has 7 nitrogen and oxygen atoms in total. The molecular formula is C16H25ClN2O5S. The highest BCUT2D eigenvalue weighted by molar-refractivity contribution is 7.92. The van der Waals surface area contributed by atoms with Crippen LogP contribution in [-0.4, -0.2) is 47.9 Å². The van der Waals surface area contributed by atoms with Gasteiger partial charge in [0.05, 0.1) is 31.2 Å². The molecule has 0 aliphatic heterocycles. The molecule has 0 spiro atoms. The predicted octanol–water partition coefficient (Wildman–Crippen LogP) is 2.29. The fraction of sp³-hybridized carbons (Fsp3) is 0.562. The fourth-order valence-corrected chi connectivity index (χ4v) is 3.19. The first-order valence-electron chi connectivity index (χ1n) is 7.76. The Labute approximate surface area is 154 Å². The monoisotopic (exact) mass is 392 g/mol. The van der Waals surface area contributed by atoms with Crippen LogP contribution in [0.4, 0.5) is 5.69 Å². The van der Waals surface area contributed by atoms with Crippen LogP contribution in [0.3, 0.4) is 0 Å². The zero-order chi connectivity index (χ0) is 19.2. The van der Waals surface area contributed by atoms with Crippen LogP contribution < -0.4 is 19.1 Å². The van der Waals surface area contributed by atoms with Gasteiger partial charge >= 0.3 is 0 Å². The zero-order valence-corrected chi connectivity index (χ0v) is 16.7. The summed E-state index contributed by atoms with van der Waals surface area (Å²) in [6.45, 7) is 4.20. The number of methoxy groups -OCH3 is 2. The Morgan fingerprint density at radius 2 is 1.84 bits per heavy atom. The van der Waals surface area contributed by atoms with Gasteiger partial charge in [0.15, 0.2) is 0 Å². The number of anilines is 1. The number of ether oxygens (including phenoxy) is 2. The van der Waals surface area contributed by atoms with Gasteiger partial charge < -0.3 is 14.8 Å². The number of hydrogen-bond donors (Lipinski definition) is 1. The van der Waals surface area contributed by atoms with E-state index in [0.717, 1.165) is 17.0 Å². The average molecular weight is 393 g/mol. The molecule has 1 amide bonds. The van der Waals surface area contributed by atoms with Crippen molar-refractivity contribution in [1.82, 2.24) is 5.32 Å². The van der Waals surface area contributed by atoms with Crippen molar-refractivity contribution in [2.75, 3.05) is 37.9 Å². The second-order valence-electron chi connectivity index (χ2n) is 5.96. The van der Waals surface area contributed by atoms with Gasteiger partial charge in [-0.2, -0.15) is 0 Å². The molecule has 0 heterocycles. The van der Waals surface area contributed by atoms with Gasteiger partial charge in [0.2, 0.25) is 15.9 Å². The van der Waals surface area contributed by atoms with E-state index in [0.29, 0.717) is 12.5 Å². The first-order valence-corrected chi connectivity index (χ1v) is 9.98. The molecule has 142 valence electrons. The largest absolute Gasteiger partial charge is 0.495 e. The van der Waals surface area contributed by atoms with Crippen LogP contribution in [0.5, 0.6) is 11.5 Å². The number of amides is 1. The Bertz CT molecular complexity index is 707. The van der Waals surface area contributed by atoms with Gasteiger partial charge in [0.1, 0.15) is 18.0 Å². The Hall–Kier alpha value is -1.67. The van der Waals surface area contributed by atoms with Crippen LogP contribution in [0, 0.1) is 5.92 Å². The highest BCUT2D eigenvalue weighted by atomic mass is 35.5. The van der Waals surface area contributed by atoms with Gasteiger partial charge in [-0.3, -0.25) is 9.10 Å². The first kappa shape index (κ1) is 21.4. The normalized spacial score (nSPS) is 11.3. The quantitative estimate of drug-likeness (QED) is 0.696. The van der Waals surface area contributed by atoms with Crippen molar-refractivity contribution in [1.29, 1.82) is 0 Å². The highest BCUT2D eigenvalue weighted by Gasteiger charge is 2.25. The summed E-state index contributed by atoms with van der Waals surface area (Å²) in [5.74, 6) is 0.548. The molecule has 0 bridgehead atoms. The average Bonchev–Trinajstić information content (AvgIpc) is 2.51. The minimum absolute atomic E-state index is 0.185. The lowest BCUT2D eigenvalue weighted by Gasteiger charge is -2.24. The van der Waals surface area contributed by atoms with E-state index in [1.165, 1.54) is 26.4 Å². The number of carbonyl (C=O) groups is 1. The number of nitrogens with zero attached hydrogens (tertiary/aromatic N) is 1. The minimum atomic E-state index is -3.73. The van der Waals surface area contributed by atoms with Crippen molar-refractivity contribution >= 4 is 33.2 Å². The Morgan fingerprint density at radius 1 is 1.24 bits per heavy atom. The Kier molecular flexibility index (Phi) is 7.82. The van der Waals surface area contributed by atoms with Crippen molar-refractivity contribution < 1.29 is 22.7 Å². The molecular weight excluding hydrogens is 368 g/mol. The van der Waals surface area contributed by atoms with E-state index < -0.39 is 15.9 Å². The molecule has 0 radical (unpaired) electrons. The molecule has 0 aliphatic carbocycles. The van der Waals surface area contributed by atoms with Crippen LogP contribution in [0.15, 0.2) is 12.1 Å². The second-order valence-corrected chi connectivity index (χ2v) is 8.27. The summed E-state index contributed by atoms with van der Waals surface area (Å²) >= 11 is 6.05. The molecule has 25 heavy (non-hydrogen) atoms. The number of carbonyl (C=O) groups excluding carboxylic acids is 1. The topological polar surface area (TPSA) is 84.9 Å². The molecule has 9 heteroatoms. The molecule has 0 unspecified atom stereocenters. The van der Waals surface area contributed by atoms with E-state index in [2.05, 4.69) is 5.32 Å². The molecule has 0 aromatic heterocycles. The highest BCUT2D eigenvalue weighted by Crippen LogP contribution is 2.38. The van der Waals surface area contributed by atoms with Crippen LogP contribution in [0.2, 0.25) is 5.02 Å². The van der Waals surface area contributed by atoms with Crippen LogP contribution in [0.25, 0.3) is 0 Å². The van der Waals surface area contributed by atoms with E-state index >= 15 is 0 Å². The van der Waals surface area contributed by atoms with Gasteiger partial charge in [0.25, 0.3) is 0 Å². The first-order chi connectivity index (χ1) is 11.6. The van der Waals surface area contributed by atoms with E-state index in [1.807, 2.05) is 13.8 Å². The third-order valence-electron chi connectivity index (χ3n) is 3.45. The van der Waals surface area contributed by atoms with Crippen molar-refractivity contribution in [2.24, 2.45) is 5.92 Å². The molecule has 0 saturated heterocycles. The third kappa shape index (κ3) is 6.28. The van der Waals surface area contributed by atoms with E-state index in [-0.39, 0.29) is 28.8 Å². The van der Waals surface area contributed by atoms with Crippen molar-refractivity contribution in [3.63, 3.8) is 0 Å². The second kappa shape index (κ2) is 9.15. The molecule has 0 fully saturated rings. The van der Waals surface area contributed by atoms with Gasteiger partial charge in [-0.1, -0.05) is 25.4 Å². The third-order valence-corrected chi connectivity index (χ3v) is 4.88. The lowest BCUT2D eigenvalue weighted by Crippen LogP contribution is -2.41. The lowest BCUT2D eigenvalue weighted by atomic mass is 10.1. The summed E-state index contributed by atoms with van der Waals surface area (Å²) < 4.78 is 35.8. The summed E-state index contributed by atoms with van der Waals surface area (Å²) in [6.07, 6.45) is 1.83. The van der Waals surface area contributed by atoms with Crippen molar-refractivity contribution in [3.8, 4) is 11.5 Å². The van der Waals surface area contributed by atoms with Crippen LogP contribution in [-0.2, 0) is 14.8 Å². The Balaban J connectivity index is 3.14. The van der Waals surface area contributed by atoms with Crippen molar-refractivity contribution in [3.05, 3.63) is 17.2 Å². The molecule has 0 aliphatic rings. The lowest BCUT2D eigenvalue weighted by molar-refractivity contribution is -0.119. The van der Waals surface area contributed by atoms with E-state index in [1.54, 1.807) is 0 Å². The summed E-state index contributed by atoms with van der Waals surface area (Å²) in [7, 11) is -0.920. The zero-order valence-electron chi connectivity index (χ0n) is 15.1. The minimum Gasteiger partial charge on any atom is -0.495 e. The van der Waals surface area contributed by atoms with Crippen LogP contribution >= 0.6 is 11.6 Å². The smallest absolute Gasteiger partial charge is 0.240 e. The molecule has 1 rings (SSSR count). The molecule has 1 N–H and O–H groups in total. The molecule has 1 aromatic rings. The van der Waals surface area contributed by atoms with Gasteiger partial charge in [-0.25, -0.2) is 8.42 Å². The maximum Gasteiger partial charge on any atom is 0.240 e. The Morgan fingerprint density at radius 3 is 2.32 bits per heavy atom. The van der Waals surface area contributed by atoms with Crippen LogP contribution in [0.1, 0.15) is 20.3 Å². The number of sulfonamides is 1. The van der Waals surface area contributed by atoms with E-state index in [4.69, 9.17) is 21.1 Å². The van der Waals surface area contributed by atoms with E-state index in [9.17, 15) is 13.2 Å². The SMILES string of the molecule is COc1cc(N(CC(=O)NCCC(C)C)S(C)(=O)=O)c(OC)cc1Cl. The van der Waals surface area contributed by atoms with Gasteiger partial charge in [-0.15, -0.1) is 0 Å². The van der Waals surface area contributed by atoms with Gasteiger partial charge in [0, 0.05) is 18.7 Å². The maximum absolute atomic E-state index is 12.2. The number of benzene rings is 1. The van der Waals surface area contributed by atoms with Crippen molar-refractivity contribution in [2.45, 2.75) is 20.3 Å². The van der Waals surface area contributed by atoms with Gasteiger partial charge in [-0.05, 0) is 12.3 Å². The maximum atomic E-state index is 12.2. The number of rotatable bonds is 9. The summed E-state index contributed by atoms with van der Waals surface area (Å²) in [5, 5.41) is 3.00. The summed E-state index contributed by atoms with van der Waals surface area (Å²) in [4.78, 5) is 12.2.